The van der Waals surface area contributed by atoms with Crippen molar-refractivity contribution in [2.24, 2.45) is 0 Å². The normalized spacial score (nSPS) is 11.1. The summed E-state index contributed by atoms with van der Waals surface area (Å²) in [5.41, 5.74) is 1.88. The molecule has 1 aromatic carbocycles. The summed E-state index contributed by atoms with van der Waals surface area (Å²) in [6.07, 6.45) is 1.70. The molecule has 0 radical (unpaired) electrons. The minimum Gasteiger partial charge on any atom is -0.481 e. The fraction of sp³-hybridized carbons (Fsp3) is 0.333. The second-order valence-electron chi connectivity index (χ2n) is 4.95. The number of aliphatic carboxylic acids is 1. The molecular weight excluding hydrogens is 242 g/mol. The Hall–Kier alpha value is -2.10. The van der Waals surface area contributed by atoms with E-state index in [1.54, 1.807) is 6.20 Å². The van der Waals surface area contributed by atoms with Gasteiger partial charge in [-0.3, -0.25) is 9.59 Å². The first-order valence-electron chi connectivity index (χ1n) is 6.34. The first kappa shape index (κ1) is 13.3. The minimum absolute atomic E-state index is 0.0240. The highest BCUT2D eigenvalue weighted by atomic mass is 16.4. The van der Waals surface area contributed by atoms with Crippen LogP contribution in [0.2, 0.25) is 0 Å². The van der Waals surface area contributed by atoms with Crippen molar-refractivity contribution in [3.63, 3.8) is 0 Å². The third-order valence-electron chi connectivity index (χ3n) is 3.23. The van der Waals surface area contributed by atoms with Gasteiger partial charge in [0.05, 0.1) is 11.9 Å². The van der Waals surface area contributed by atoms with Crippen LogP contribution in [0.25, 0.3) is 10.9 Å². The molecule has 0 spiro atoms. The Morgan fingerprint density at radius 1 is 1.32 bits per heavy atom. The van der Waals surface area contributed by atoms with Gasteiger partial charge < -0.3 is 9.67 Å². The van der Waals surface area contributed by atoms with E-state index < -0.39 is 5.97 Å². The molecule has 0 aliphatic rings. The van der Waals surface area contributed by atoms with Gasteiger partial charge in [-0.15, -0.1) is 0 Å². The Morgan fingerprint density at radius 3 is 2.68 bits per heavy atom. The van der Waals surface area contributed by atoms with Crippen LogP contribution in [0.4, 0.5) is 0 Å². The maximum atomic E-state index is 11.9. The number of hydrogen-bond acceptors (Lipinski definition) is 2. The van der Waals surface area contributed by atoms with E-state index in [-0.39, 0.29) is 11.8 Å². The third-order valence-corrected chi connectivity index (χ3v) is 3.23. The van der Waals surface area contributed by atoms with E-state index in [1.807, 2.05) is 22.8 Å². The van der Waals surface area contributed by atoms with Crippen LogP contribution in [0, 0.1) is 0 Å². The van der Waals surface area contributed by atoms with Gasteiger partial charge in [0.2, 0.25) is 0 Å². The van der Waals surface area contributed by atoms with Gasteiger partial charge in [-0.25, -0.2) is 0 Å². The summed E-state index contributed by atoms with van der Waals surface area (Å²) in [6, 6.07) is 7.28. The lowest BCUT2D eigenvalue weighted by Crippen LogP contribution is -2.11. The molecule has 0 unspecified atom stereocenters. The molecule has 2 rings (SSSR count). The summed E-state index contributed by atoms with van der Waals surface area (Å²) in [5.74, 6) is -0.484. The number of carboxylic acid groups (broad SMARTS) is 1. The van der Waals surface area contributed by atoms with E-state index in [2.05, 4.69) is 13.8 Å². The summed E-state index contributed by atoms with van der Waals surface area (Å²) in [6.45, 7) is 4.52. The SMILES string of the molecule is CC(C)c1ccc2c(c1)c(=O)ccn2CCC(=O)O. The number of carbonyl (C=O) groups is 1. The zero-order chi connectivity index (χ0) is 14.0. The van der Waals surface area contributed by atoms with Crippen molar-refractivity contribution < 1.29 is 9.90 Å². The van der Waals surface area contributed by atoms with E-state index in [1.165, 1.54) is 6.07 Å². The van der Waals surface area contributed by atoms with Gasteiger partial charge in [-0.1, -0.05) is 19.9 Å². The van der Waals surface area contributed by atoms with E-state index in [9.17, 15) is 9.59 Å². The van der Waals surface area contributed by atoms with Gasteiger partial charge in [0.15, 0.2) is 5.43 Å². The molecule has 0 saturated heterocycles. The van der Waals surface area contributed by atoms with Crippen molar-refractivity contribution in [1.82, 2.24) is 4.57 Å². The van der Waals surface area contributed by atoms with E-state index >= 15 is 0 Å². The molecule has 4 nitrogen and oxygen atoms in total. The van der Waals surface area contributed by atoms with E-state index in [0.29, 0.717) is 17.8 Å². The predicted molar refractivity (Wildman–Crippen MR) is 74.5 cm³/mol. The van der Waals surface area contributed by atoms with Crippen LogP contribution in [-0.4, -0.2) is 15.6 Å². The first-order valence-corrected chi connectivity index (χ1v) is 6.34. The number of benzene rings is 1. The van der Waals surface area contributed by atoms with Crippen molar-refractivity contribution in [3.05, 3.63) is 46.2 Å². The standard InChI is InChI=1S/C15H17NO3/c1-10(2)11-3-4-13-12(9-11)14(17)5-7-16(13)8-6-15(18)19/h3-5,7,9-10H,6,8H2,1-2H3,(H,18,19). The summed E-state index contributed by atoms with van der Waals surface area (Å²) < 4.78 is 1.81. The van der Waals surface area contributed by atoms with Crippen molar-refractivity contribution in [1.29, 1.82) is 0 Å². The highest BCUT2D eigenvalue weighted by molar-refractivity contribution is 5.80. The molecule has 0 aliphatic heterocycles. The monoisotopic (exact) mass is 259 g/mol. The average molecular weight is 259 g/mol. The van der Waals surface area contributed by atoms with Crippen molar-refractivity contribution in [2.75, 3.05) is 0 Å². The molecule has 0 atom stereocenters. The molecule has 1 heterocycles. The number of pyridine rings is 1. The van der Waals surface area contributed by atoms with Gasteiger partial charge in [0.25, 0.3) is 0 Å². The Kier molecular flexibility index (Phi) is 3.69. The van der Waals surface area contributed by atoms with Crippen molar-refractivity contribution in [3.8, 4) is 0 Å². The predicted octanol–water partition coefficient (Wildman–Crippen LogP) is 2.60. The largest absolute Gasteiger partial charge is 0.481 e. The Bertz CT molecular complexity index is 671. The number of aryl methyl sites for hydroxylation is 1. The molecule has 0 aliphatic carbocycles. The van der Waals surface area contributed by atoms with Crippen LogP contribution in [0.1, 0.15) is 31.7 Å². The summed E-state index contributed by atoms with van der Waals surface area (Å²) in [7, 11) is 0. The maximum Gasteiger partial charge on any atom is 0.305 e. The summed E-state index contributed by atoms with van der Waals surface area (Å²) in [4.78, 5) is 22.6. The fourth-order valence-electron chi connectivity index (χ4n) is 2.10. The van der Waals surface area contributed by atoms with Crippen LogP contribution >= 0.6 is 0 Å². The number of carboxylic acids is 1. The van der Waals surface area contributed by atoms with E-state index in [0.717, 1.165) is 11.1 Å². The fourth-order valence-corrected chi connectivity index (χ4v) is 2.10. The molecule has 0 fully saturated rings. The number of nitrogens with zero attached hydrogens (tertiary/aromatic N) is 1. The molecule has 2 aromatic rings. The van der Waals surface area contributed by atoms with Gasteiger partial charge in [0, 0.05) is 24.2 Å². The third kappa shape index (κ3) is 2.84. The van der Waals surface area contributed by atoms with Gasteiger partial charge in [-0.2, -0.15) is 0 Å². The molecule has 0 saturated carbocycles. The Labute approximate surface area is 111 Å². The van der Waals surface area contributed by atoms with E-state index in [4.69, 9.17) is 5.11 Å². The average Bonchev–Trinajstić information content (AvgIpc) is 2.37. The molecule has 4 heteroatoms. The van der Waals surface area contributed by atoms with Crippen LogP contribution in [-0.2, 0) is 11.3 Å². The van der Waals surface area contributed by atoms with Gasteiger partial charge in [0.1, 0.15) is 0 Å². The Morgan fingerprint density at radius 2 is 2.05 bits per heavy atom. The minimum atomic E-state index is -0.842. The topological polar surface area (TPSA) is 59.3 Å². The second-order valence-corrected chi connectivity index (χ2v) is 4.95. The lowest BCUT2D eigenvalue weighted by atomic mass is 10.0. The second kappa shape index (κ2) is 5.26. The summed E-state index contributed by atoms with van der Waals surface area (Å²) >= 11 is 0. The quantitative estimate of drug-likeness (QED) is 0.918. The highest BCUT2D eigenvalue weighted by Crippen LogP contribution is 2.19. The smallest absolute Gasteiger partial charge is 0.305 e. The molecule has 100 valence electrons. The first-order chi connectivity index (χ1) is 8.99. The number of rotatable bonds is 4. The van der Waals surface area contributed by atoms with Gasteiger partial charge in [-0.05, 0) is 23.6 Å². The molecule has 1 aromatic heterocycles. The van der Waals surface area contributed by atoms with Crippen LogP contribution in [0.15, 0.2) is 35.3 Å². The highest BCUT2D eigenvalue weighted by Gasteiger charge is 2.07. The summed E-state index contributed by atoms with van der Waals surface area (Å²) in [5, 5.41) is 9.40. The molecule has 19 heavy (non-hydrogen) atoms. The lowest BCUT2D eigenvalue weighted by molar-refractivity contribution is -0.137. The molecule has 0 bridgehead atoms. The zero-order valence-electron chi connectivity index (χ0n) is 11.1. The molecule has 0 amide bonds. The van der Waals surface area contributed by atoms with Gasteiger partial charge >= 0.3 is 5.97 Å². The maximum absolute atomic E-state index is 11.9. The number of aromatic nitrogens is 1. The zero-order valence-corrected chi connectivity index (χ0v) is 11.1. The molecular formula is C15H17NO3. The van der Waals surface area contributed by atoms with Crippen LogP contribution < -0.4 is 5.43 Å². The van der Waals surface area contributed by atoms with Crippen molar-refractivity contribution >= 4 is 16.9 Å². The Balaban J connectivity index is 2.53. The number of hydrogen-bond donors (Lipinski definition) is 1. The van der Waals surface area contributed by atoms with Crippen LogP contribution in [0.5, 0.6) is 0 Å². The number of fused-ring (bicyclic) bond motifs is 1. The van der Waals surface area contributed by atoms with Crippen molar-refractivity contribution in [2.45, 2.75) is 32.7 Å². The van der Waals surface area contributed by atoms with Crippen LogP contribution in [0.3, 0.4) is 0 Å². The lowest BCUT2D eigenvalue weighted by Gasteiger charge is -2.12. The molecule has 1 N–H and O–H groups in total.